The lowest BCUT2D eigenvalue weighted by Crippen LogP contribution is -2.53. The van der Waals surface area contributed by atoms with E-state index in [1.807, 2.05) is 47.2 Å². The Labute approximate surface area is 166 Å². The second-order valence-electron chi connectivity index (χ2n) is 8.28. The van der Waals surface area contributed by atoms with Crippen molar-refractivity contribution < 1.29 is 9.59 Å². The van der Waals surface area contributed by atoms with Crippen LogP contribution in [0.2, 0.25) is 0 Å². The molecule has 146 valence electrons. The molecule has 0 aliphatic carbocycles. The summed E-state index contributed by atoms with van der Waals surface area (Å²) in [5, 5.41) is 0. The first-order valence-corrected chi connectivity index (χ1v) is 10.0. The van der Waals surface area contributed by atoms with Crippen LogP contribution in [0.3, 0.4) is 0 Å². The van der Waals surface area contributed by atoms with Crippen LogP contribution < -0.4 is 0 Å². The van der Waals surface area contributed by atoms with Crippen molar-refractivity contribution in [1.29, 1.82) is 0 Å². The maximum atomic E-state index is 12.8. The summed E-state index contributed by atoms with van der Waals surface area (Å²) in [5.74, 6) is 0.312. The molecule has 2 amide bonds. The van der Waals surface area contributed by atoms with Crippen molar-refractivity contribution in [1.82, 2.24) is 14.8 Å². The van der Waals surface area contributed by atoms with Gasteiger partial charge in [0.25, 0.3) is 0 Å². The van der Waals surface area contributed by atoms with Crippen LogP contribution in [0.15, 0.2) is 54.9 Å². The molecule has 4 rings (SSSR count). The van der Waals surface area contributed by atoms with Crippen molar-refractivity contribution in [3.05, 3.63) is 66.0 Å². The summed E-state index contributed by atoms with van der Waals surface area (Å²) in [6.07, 6.45) is 6.67. The number of piperidine rings is 2. The zero-order chi connectivity index (χ0) is 19.6. The van der Waals surface area contributed by atoms with E-state index >= 15 is 0 Å². The normalized spacial score (nSPS) is 21.8. The Morgan fingerprint density at radius 1 is 1.14 bits per heavy atom. The highest BCUT2D eigenvalue weighted by Gasteiger charge is 2.45. The summed E-state index contributed by atoms with van der Waals surface area (Å²) in [4.78, 5) is 33.4. The Hall–Kier alpha value is -2.69. The predicted molar refractivity (Wildman–Crippen MR) is 108 cm³/mol. The van der Waals surface area contributed by atoms with Gasteiger partial charge in [-0.15, -0.1) is 0 Å². The second-order valence-corrected chi connectivity index (χ2v) is 8.28. The Morgan fingerprint density at radius 2 is 1.89 bits per heavy atom. The van der Waals surface area contributed by atoms with Gasteiger partial charge in [0.05, 0.1) is 12.3 Å². The molecule has 1 aromatic heterocycles. The highest BCUT2D eigenvalue weighted by atomic mass is 16.2. The fourth-order valence-electron chi connectivity index (χ4n) is 4.76. The van der Waals surface area contributed by atoms with E-state index in [1.54, 1.807) is 12.4 Å². The van der Waals surface area contributed by atoms with Gasteiger partial charge < -0.3 is 9.80 Å². The number of carbonyl (C=O) groups is 2. The van der Waals surface area contributed by atoms with E-state index in [9.17, 15) is 9.59 Å². The van der Waals surface area contributed by atoms with E-state index in [0.29, 0.717) is 6.42 Å². The van der Waals surface area contributed by atoms with Gasteiger partial charge in [-0.25, -0.2) is 0 Å². The second kappa shape index (κ2) is 7.74. The highest BCUT2D eigenvalue weighted by Crippen LogP contribution is 2.45. The third kappa shape index (κ3) is 3.79. The van der Waals surface area contributed by atoms with Crippen molar-refractivity contribution >= 4 is 11.8 Å². The smallest absolute Gasteiger partial charge is 0.229 e. The molecule has 2 saturated heterocycles. The molecule has 0 bridgehead atoms. The maximum absolute atomic E-state index is 12.8. The van der Waals surface area contributed by atoms with Crippen LogP contribution in [-0.4, -0.2) is 53.3 Å². The third-order valence-electron chi connectivity index (χ3n) is 6.34. The van der Waals surface area contributed by atoms with Gasteiger partial charge in [-0.1, -0.05) is 36.4 Å². The van der Waals surface area contributed by atoms with Crippen molar-refractivity contribution in [2.75, 3.05) is 26.7 Å². The number of carbonyl (C=O) groups excluding carboxylic acids is 2. The van der Waals surface area contributed by atoms with Crippen LogP contribution in [-0.2, 0) is 16.0 Å². The van der Waals surface area contributed by atoms with Gasteiger partial charge in [0.2, 0.25) is 11.8 Å². The van der Waals surface area contributed by atoms with E-state index in [0.717, 1.165) is 50.0 Å². The molecule has 2 fully saturated rings. The molecule has 0 saturated carbocycles. The molecule has 1 unspecified atom stereocenters. The lowest BCUT2D eigenvalue weighted by molar-refractivity contribution is -0.142. The van der Waals surface area contributed by atoms with E-state index in [1.165, 1.54) is 0 Å². The first-order chi connectivity index (χ1) is 13.6. The summed E-state index contributed by atoms with van der Waals surface area (Å²) >= 11 is 0. The highest BCUT2D eigenvalue weighted by molar-refractivity contribution is 5.84. The number of aromatic nitrogens is 1. The van der Waals surface area contributed by atoms with Gasteiger partial charge in [-0.2, -0.15) is 0 Å². The largest absolute Gasteiger partial charge is 0.345 e. The third-order valence-corrected chi connectivity index (χ3v) is 6.34. The average molecular weight is 377 g/mol. The number of likely N-dealkylation sites (tertiary alicyclic amines) is 2. The topological polar surface area (TPSA) is 53.5 Å². The first kappa shape index (κ1) is 18.7. The molecule has 0 N–H and O–H groups in total. The van der Waals surface area contributed by atoms with Crippen molar-refractivity contribution in [2.24, 2.45) is 5.41 Å². The molecule has 2 aromatic rings. The molecule has 2 aliphatic heterocycles. The Balaban J connectivity index is 1.42. The number of benzene rings is 1. The minimum absolute atomic E-state index is 0.0717. The lowest BCUT2D eigenvalue weighted by atomic mass is 9.67. The molecule has 5 nitrogen and oxygen atoms in total. The molecular weight excluding hydrogens is 350 g/mol. The van der Waals surface area contributed by atoms with Crippen LogP contribution >= 0.6 is 0 Å². The molecular formula is C23H27N3O2. The van der Waals surface area contributed by atoms with Gasteiger partial charge in [-0.3, -0.25) is 14.6 Å². The van der Waals surface area contributed by atoms with E-state index in [4.69, 9.17) is 0 Å². The summed E-state index contributed by atoms with van der Waals surface area (Å²) in [5.41, 5.74) is 2.17. The van der Waals surface area contributed by atoms with Crippen LogP contribution in [0.5, 0.6) is 0 Å². The lowest BCUT2D eigenvalue weighted by Gasteiger charge is -2.49. The van der Waals surface area contributed by atoms with E-state index in [-0.39, 0.29) is 23.1 Å². The van der Waals surface area contributed by atoms with Crippen LogP contribution in [0.1, 0.15) is 36.3 Å². The number of amides is 2. The number of rotatable bonds is 3. The van der Waals surface area contributed by atoms with Gasteiger partial charge in [-0.05, 0) is 41.9 Å². The predicted octanol–water partition coefficient (Wildman–Crippen LogP) is 2.88. The van der Waals surface area contributed by atoms with Gasteiger partial charge in [0, 0.05) is 39.1 Å². The van der Waals surface area contributed by atoms with Crippen molar-refractivity contribution in [3.8, 4) is 0 Å². The Bertz CT molecular complexity index is 829. The molecule has 28 heavy (non-hydrogen) atoms. The molecule has 1 spiro atoms. The average Bonchev–Trinajstić information content (AvgIpc) is 2.73. The van der Waals surface area contributed by atoms with E-state index in [2.05, 4.69) is 17.1 Å². The summed E-state index contributed by atoms with van der Waals surface area (Å²) in [7, 11) is 1.92. The molecule has 0 radical (unpaired) electrons. The van der Waals surface area contributed by atoms with E-state index < -0.39 is 0 Å². The zero-order valence-corrected chi connectivity index (χ0v) is 16.4. The fourth-order valence-corrected chi connectivity index (χ4v) is 4.76. The number of likely N-dealkylation sites (N-methyl/N-ethyl adjacent to an activating group) is 1. The molecule has 3 heterocycles. The Kier molecular flexibility index (Phi) is 5.16. The maximum Gasteiger partial charge on any atom is 0.229 e. The quantitative estimate of drug-likeness (QED) is 0.826. The standard InChI is InChI=1S/C23H27N3O2/c1-25-17-23(15-20(22(25)28)19-7-3-2-4-8-19)9-12-26(13-10-23)21(27)14-18-6-5-11-24-16-18/h2-8,11,16,20H,9-10,12-15,17H2,1H3. The van der Waals surface area contributed by atoms with Crippen LogP contribution in [0.4, 0.5) is 0 Å². The van der Waals surface area contributed by atoms with Gasteiger partial charge in [0.1, 0.15) is 0 Å². The minimum Gasteiger partial charge on any atom is -0.345 e. The number of hydrogen-bond donors (Lipinski definition) is 0. The van der Waals surface area contributed by atoms with Crippen LogP contribution in [0.25, 0.3) is 0 Å². The molecule has 1 atom stereocenters. The number of pyridine rings is 1. The van der Waals surface area contributed by atoms with Crippen molar-refractivity contribution in [3.63, 3.8) is 0 Å². The van der Waals surface area contributed by atoms with Crippen molar-refractivity contribution in [2.45, 2.75) is 31.6 Å². The summed E-state index contributed by atoms with van der Waals surface area (Å²) < 4.78 is 0. The zero-order valence-electron chi connectivity index (χ0n) is 16.4. The first-order valence-electron chi connectivity index (χ1n) is 10.0. The van der Waals surface area contributed by atoms with Gasteiger partial charge in [0.15, 0.2) is 0 Å². The van der Waals surface area contributed by atoms with Crippen LogP contribution in [0, 0.1) is 5.41 Å². The number of hydrogen-bond acceptors (Lipinski definition) is 3. The SMILES string of the molecule is CN1CC2(CCN(C(=O)Cc3cccnc3)CC2)CC(c2ccccc2)C1=O. The fraction of sp³-hybridized carbons (Fsp3) is 0.435. The summed E-state index contributed by atoms with van der Waals surface area (Å²) in [6.45, 7) is 2.32. The Morgan fingerprint density at radius 3 is 2.57 bits per heavy atom. The minimum atomic E-state index is -0.0717. The monoisotopic (exact) mass is 377 g/mol. The molecule has 5 heteroatoms. The summed E-state index contributed by atoms with van der Waals surface area (Å²) in [6, 6.07) is 13.9. The number of nitrogens with zero attached hydrogens (tertiary/aromatic N) is 3. The molecule has 1 aromatic carbocycles. The van der Waals surface area contributed by atoms with Gasteiger partial charge >= 0.3 is 0 Å². The molecule has 2 aliphatic rings.